The highest BCUT2D eigenvalue weighted by Gasteiger charge is 2.26. The predicted molar refractivity (Wildman–Crippen MR) is 407 cm³/mol. The maximum atomic E-state index is 13.5. The Morgan fingerprint density at radius 2 is 0.779 bits per heavy atom. The molecule has 0 unspecified atom stereocenters. The Morgan fingerprint density at radius 3 is 1.09 bits per heavy atom. The molecule has 1 aliphatic rings. The lowest BCUT2D eigenvalue weighted by Gasteiger charge is -2.10. The Hall–Kier alpha value is -14.5. The molecule has 0 atom stereocenters. The number of ether oxygens (including phenoxy) is 4. The molecule has 8 N–H and O–H groups in total. The summed E-state index contributed by atoms with van der Waals surface area (Å²) < 4.78 is 133. The number of H-pyrrole nitrogens is 4. The number of fused-ring (bicyclic) bond motifs is 4. The van der Waals surface area contributed by atoms with Gasteiger partial charge in [0, 0.05) is 18.9 Å². The van der Waals surface area contributed by atoms with Crippen molar-refractivity contribution in [3.8, 4) is 23.0 Å². The van der Waals surface area contributed by atoms with Gasteiger partial charge in [-0.2, -0.15) is 20.4 Å². The first kappa shape index (κ1) is 78.1. The smallest absolute Gasteiger partial charge is 0.339 e. The number of benzene rings is 8. The van der Waals surface area contributed by atoms with Crippen molar-refractivity contribution in [1.29, 1.82) is 0 Å². The van der Waals surface area contributed by atoms with Crippen LogP contribution in [-0.4, -0.2) is 115 Å². The molecule has 0 spiro atoms. The number of methoxy groups -OCH3 is 4. The van der Waals surface area contributed by atoms with Gasteiger partial charge in [-0.1, -0.05) is 48.6 Å². The van der Waals surface area contributed by atoms with Gasteiger partial charge in [-0.15, -0.1) is 0 Å². The fraction of sp³-hybridized carbons (Fsp3) is 0.122. The second kappa shape index (κ2) is 35.7. The molecular formula is C82H65F8N13O10. The number of nitrogens with one attached hydrogen (secondary N) is 7. The molecule has 0 bridgehead atoms. The molecule has 6 heterocycles. The maximum Gasteiger partial charge on any atom is 0.339 e. The predicted octanol–water partition coefficient (Wildman–Crippen LogP) is 16.2. The average molecular weight is 1540 g/mol. The minimum Gasteiger partial charge on any atom is -0.495 e. The second-order valence-corrected chi connectivity index (χ2v) is 24.8. The number of aromatic amines is 4. The van der Waals surface area contributed by atoms with E-state index in [4.69, 9.17) is 23.4 Å². The summed E-state index contributed by atoms with van der Waals surface area (Å²) in [6.07, 6.45) is 21.5. The van der Waals surface area contributed by atoms with Crippen molar-refractivity contribution in [2.75, 3.05) is 35.0 Å². The summed E-state index contributed by atoms with van der Waals surface area (Å²) in [7, 11) is 5.80. The third kappa shape index (κ3) is 18.6. The van der Waals surface area contributed by atoms with Crippen molar-refractivity contribution in [3.05, 3.63) is 284 Å². The van der Waals surface area contributed by atoms with Crippen molar-refractivity contribution in [1.82, 2.24) is 66.7 Å². The highest BCUT2D eigenvalue weighted by atomic mass is 19.2. The quantitative estimate of drug-likeness (QED) is 0.0292. The number of carboxylic acid groups (broad SMARTS) is 1. The molecule has 8 aromatic carbocycles. The zero-order chi connectivity index (χ0) is 79.8. The van der Waals surface area contributed by atoms with Crippen LogP contribution in [0.4, 0.5) is 35.1 Å². The van der Waals surface area contributed by atoms with Gasteiger partial charge in [0.15, 0.2) is 46.5 Å². The first-order valence-electron chi connectivity index (χ1n) is 34.3. The molecule has 0 aliphatic heterocycles. The number of halogens is 8. The number of carbonyl (C=O) groups is 4. The van der Waals surface area contributed by atoms with Crippen LogP contribution in [0.15, 0.2) is 163 Å². The molecule has 113 heavy (non-hydrogen) atoms. The number of hydrogen-bond acceptors (Lipinski definition) is 15. The summed E-state index contributed by atoms with van der Waals surface area (Å²) in [6.45, 7) is 1.11. The van der Waals surface area contributed by atoms with Gasteiger partial charge in [0.25, 0.3) is 17.7 Å². The topological polar surface area (TPSA) is 315 Å². The van der Waals surface area contributed by atoms with Gasteiger partial charge in [-0.3, -0.25) is 44.7 Å². The Morgan fingerprint density at radius 1 is 0.434 bits per heavy atom. The van der Waals surface area contributed by atoms with Crippen LogP contribution in [0.5, 0.6) is 23.0 Å². The van der Waals surface area contributed by atoms with E-state index in [0.29, 0.717) is 146 Å². The highest BCUT2D eigenvalue weighted by Crippen LogP contribution is 2.37. The Balaban J connectivity index is 0.000000140. The molecular weight excluding hydrogens is 1480 g/mol. The van der Waals surface area contributed by atoms with E-state index in [2.05, 4.69) is 66.7 Å². The fourth-order valence-electron chi connectivity index (χ4n) is 11.6. The zero-order valence-corrected chi connectivity index (χ0v) is 60.1. The number of furan rings is 1. The summed E-state index contributed by atoms with van der Waals surface area (Å²) >= 11 is 0. The monoisotopic (exact) mass is 1540 g/mol. The van der Waals surface area contributed by atoms with Crippen molar-refractivity contribution in [2.24, 2.45) is 5.92 Å². The summed E-state index contributed by atoms with van der Waals surface area (Å²) in [6, 6.07) is 30.9. The van der Waals surface area contributed by atoms with Gasteiger partial charge in [0.2, 0.25) is 0 Å². The summed E-state index contributed by atoms with van der Waals surface area (Å²) in [5.74, 6) is -6.87. The number of carbonyl (C=O) groups excluding carboxylic acids is 3. The van der Waals surface area contributed by atoms with Crippen LogP contribution < -0.4 is 34.9 Å². The van der Waals surface area contributed by atoms with Gasteiger partial charge in [0.05, 0.1) is 143 Å². The first-order chi connectivity index (χ1) is 54.7. The van der Waals surface area contributed by atoms with Gasteiger partial charge >= 0.3 is 5.97 Å². The summed E-state index contributed by atoms with van der Waals surface area (Å²) in [5.41, 5.74) is 8.18. The lowest BCUT2D eigenvalue weighted by Crippen LogP contribution is -2.26. The summed E-state index contributed by atoms with van der Waals surface area (Å²) in [5, 5.41) is 48.3. The van der Waals surface area contributed by atoms with Crippen LogP contribution in [0.25, 0.3) is 92.2 Å². The van der Waals surface area contributed by atoms with Crippen LogP contribution in [0.2, 0.25) is 0 Å². The van der Waals surface area contributed by atoms with Crippen molar-refractivity contribution < 1.29 is 82.8 Å². The van der Waals surface area contributed by atoms with Crippen molar-refractivity contribution in [3.63, 3.8) is 0 Å². The number of amides is 3. The molecule has 15 rings (SSSR count). The molecule has 0 saturated heterocycles. The highest BCUT2D eigenvalue weighted by molar-refractivity contribution is 6.08. The molecule has 6 aromatic heterocycles. The fourth-order valence-corrected chi connectivity index (χ4v) is 11.6. The molecule has 23 nitrogen and oxygen atoms in total. The number of rotatable bonds is 22. The molecule has 14 aromatic rings. The maximum absolute atomic E-state index is 13.5. The molecule has 1 saturated carbocycles. The molecule has 3 amide bonds. The van der Waals surface area contributed by atoms with Gasteiger partial charge in [0.1, 0.15) is 34.3 Å². The first-order valence-corrected chi connectivity index (χ1v) is 34.3. The molecule has 574 valence electrons. The number of aromatic nitrogens is 10. The third-order valence-corrected chi connectivity index (χ3v) is 17.4. The van der Waals surface area contributed by atoms with Crippen molar-refractivity contribution >= 4 is 116 Å². The normalized spacial score (nSPS) is 11.9. The lowest BCUT2D eigenvalue weighted by atomic mass is 10.1. The Kier molecular flexibility index (Phi) is 24.6. The molecule has 31 heteroatoms. The van der Waals surface area contributed by atoms with Crippen LogP contribution in [0.1, 0.15) is 111 Å². The van der Waals surface area contributed by atoms with E-state index in [1.54, 1.807) is 122 Å². The minimum absolute atomic E-state index is 0.00822. The molecule has 0 radical (unpaired) electrons. The lowest BCUT2D eigenvalue weighted by molar-refractivity contribution is 0.0692. The van der Waals surface area contributed by atoms with Gasteiger partial charge in [-0.25, -0.2) is 39.9 Å². The van der Waals surface area contributed by atoms with Crippen LogP contribution in [0.3, 0.4) is 0 Å². The van der Waals surface area contributed by atoms with Gasteiger partial charge in [-0.05, 0) is 175 Å². The van der Waals surface area contributed by atoms with E-state index >= 15 is 0 Å². The van der Waals surface area contributed by atoms with Crippen molar-refractivity contribution in [2.45, 2.75) is 25.9 Å². The SMILES string of the molecule is COc1c(C(=O)NCC2CC2)ccc2n[nH]c(/C=C/c3ccc(F)c(F)c3)c12.COc1c(C(=O)NCc2ccco2)ccc2n[nH]c(/C=C/c3ccc(F)c(F)c3)c12.COc1c(C(=O)NCc2cnccn2)ccc2n[nH]c(/C=C/c3ccc(F)c(F)c3)c12.COc1c(C(=O)O)ccc2n[nH]c(/C=C/c3ccc(F)c(F)c3)c12. The zero-order valence-electron chi connectivity index (χ0n) is 60.1. The van der Waals surface area contributed by atoms with E-state index in [1.165, 1.54) is 65.0 Å². The Labute approximate surface area is 636 Å². The van der Waals surface area contributed by atoms with Crippen LogP contribution in [0, 0.1) is 52.5 Å². The van der Waals surface area contributed by atoms with E-state index in [9.17, 15) is 59.4 Å². The van der Waals surface area contributed by atoms with E-state index in [1.807, 2.05) is 0 Å². The van der Waals surface area contributed by atoms with E-state index < -0.39 is 52.5 Å². The molecule has 1 fully saturated rings. The third-order valence-electron chi connectivity index (χ3n) is 17.4. The van der Waals surface area contributed by atoms with E-state index in [0.717, 1.165) is 61.4 Å². The Bertz CT molecular complexity index is 5980. The average Bonchev–Trinajstić information content (AvgIpc) is 1.69. The number of aromatic carboxylic acids is 1. The summed E-state index contributed by atoms with van der Waals surface area (Å²) in [4.78, 5) is 57.4. The van der Waals surface area contributed by atoms with Gasteiger partial charge < -0.3 is 44.4 Å². The standard InChI is InChI=1S/C22H17F2N5O2.C22H17F2N3O3.C21H19F2N3O2.C17H12F2N2O3/c1-31-21-15(22(30)27-12-14-11-25-8-9-26-14)4-7-19-20(21)18(28-29-19)6-3-13-2-5-16(23)17(24)10-13;1-29-21-15(22(28)25-12-14-3-2-10-30-14)6-9-19-20(21)18(26-27-19)8-5-13-4-7-16(23)17(24)11-13;1-28-20-14(21(27)24-11-13-2-3-13)6-9-18-19(20)17(25-26-18)8-5-12-4-7-15(22)16(23)10-12;1-24-16-10(17(22)23)4-7-14-15(16)13(20-21-14)6-3-9-2-5-11(18)12(19)8-9/h2-11H,12H2,1H3,(H,27,30)(H,28,29);2-11H,12H2,1H3,(H,25,28)(H,26,27);4-10,13H,2-3,11H2,1H3,(H,24,27)(H,25,26);2-8H,1H3,(H,20,21)(H,22,23)/b6-3+;2*8-5+;6-3+. The second-order valence-electron chi connectivity index (χ2n) is 24.8. The van der Waals surface area contributed by atoms with Crippen LogP contribution >= 0.6 is 0 Å². The minimum atomic E-state index is -1.12. The molecule has 1 aliphatic carbocycles. The number of carboxylic acids is 1. The largest absolute Gasteiger partial charge is 0.495 e. The number of hydrogen-bond donors (Lipinski definition) is 8. The van der Waals surface area contributed by atoms with Crippen LogP contribution in [-0.2, 0) is 13.1 Å². The number of nitrogens with zero attached hydrogens (tertiary/aromatic N) is 6. The van der Waals surface area contributed by atoms with E-state index in [-0.39, 0.29) is 42.1 Å².